The first-order chi connectivity index (χ1) is 8.99. The largest absolute Gasteiger partial charge is 0.398 e. The van der Waals surface area contributed by atoms with Gasteiger partial charge >= 0.3 is 0 Å². The van der Waals surface area contributed by atoms with Crippen molar-refractivity contribution in [2.45, 2.75) is 10.6 Å². The zero-order valence-electron chi connectivity index (χ0n) is 9.70. The molecule has 100 valence electrons. The van der Waals surface area contributed by atoms with Crippen LogP contribution in [0.4, 0.5) is 14.5 Å². The molecule has 1 atom stereocenters. The van der Waals surface area contributed by atoms with Crippen LogP contribution in [0.25, 0.3) is 0 Å². The Morgan fingerprint density at radius 2 is 1.95 bits per heavy atom. The molecule has 19 heavy (non-hydrogen) atoms. The lowest BCUT2D eigenvalue weighted by molar-refractivity contribution is 0.502. The number of anilines is 1. The van der Waals surface area contributed by atoms with E-state index < -0.39 is 22.4 Å². The van der Waals surface area contributed by atoms with Crippen LogP contribution in [0, 0.1) is 11.6 Å². The van der Waals surface area contributed by atoms with Gasteiger partial charge in [0.1, 0.15) is 0 Å². The molecule has 0 radical (unpaired) electrons. The molecule has 0 aliphatic rings. The molecule has 0 spiro atoms. The SMILES string of the molecule is Nc1cc(Cl)ccc1S(=O)Cc1cccc(F)c1F. The zero-order valence-corrected chi connectivity index (χ0v) is 11.3. The van der Waals surface area contributed by atoms with E-state index in [1.54, 1.807) is 6.07 Å². The summed E-state index contributed by atoms with van der Waals surface area (Å²) in [4.78, 5) is 0.355. The van der Waals surface area contributed by atoms with Gasteiger partial charge in [-0.1, -0.05) is 23.7 Å². The fourth-order valence-electron chi connectivity index (χ4n) is 1.61. The summed E-state index contributed by atoms with van der Waals surface area (Å²) >= 11 is 5.74. The van der Waals surface area contributed by atoms with Crippen molar-refractivity contribution in [3.63, 3.8) is 0 Å². The first-order valence-corrected chi connectivity index (χ1v) is 7.05. The van der Waals surface area contributed by atoms with Crippen molar-refractivity contribution in [3.05, 3.63) is 58.6 Å². The summed E-state index contributed by atoms with van der Waals surface area (Å²) < 4.78 is 38.6. The van der Waals surface area contributed by atoms with Crippen molar-refractivity contribution >= 4 is 28.1 Å². The molecule has 0 aliphatic heterocycles. The summed E-state index contributed by atoms with van der Waals surface area (Å²) in [6.07, 6.45) is 0. The average molecular weight is 302 g/mol. The lowest BCUT2D eigenvalue weighted by Crippen LogP contribution is -2.03. The van der Waals surface area contributed by atoms with E-state index in [4.69, 9.17) is 17.3 Å². The second kappa shape index (κ2) is 5.67. The predicted octanol–water partition coefficient (Wildman–Crippen LogP) is 3.51. The fraction of sp³-hybridized carbons (Fsp3) is 0.0769. The summed E-state index contributed by atoms with van der Waals surface area (Å²) in [5.41, 5.74) is 6.01. The second-order valence-corrected chi connectivity index (χ2v) is 5.74. The van der Waals surface area contributed by atoms with Crippen LogP contribution in [-0.4, -0.2) is 4.21 Å². The molecule has 6 heteroatoms. The van der Waals surface area contributed by atoms with Gasteiger partial charge in [-0.25, -0.2) is 8.78 Å². The van der Waals surface area contributed by atoms with Crippen molar-refractivity contribution < 1.29 is 13.0 Å². The summed E-state index contributed by atoms with van der Waals surface area (Å²) in [7, 11) is -1.56. The van der Waals surface area contributed by atoms with Crippen molar-refractivity contribution in [2.24, 2.45) is 0 Å². The molecule has 2 rings (SSSR count). The third-order valence-electron chi connectivity index (χ3n) is 2.54. The van der Waals surface area contributed by atoms with Crippen LogP contribution in [0.3, 0.4) is 0 Å². The van der Waals surface area contributed by atoms with Gasteiger partial charge in [0.25, 0.3) is 0 Å². The number of nitrogens with two attached hydrogens (primary N) is 1. The normalized spacial score (nSPS) is 12.4. The van der Waals surface area contributed by atoms with E-state index in [2.05, 4.69) is 0 Å². The molecule has 2 N–H and O–H groups in total. The Balaban J connectivity index is 2.28. The smallest absolute Gasteiger partial charge is 0.162 e. The maximum atomic E-state index is 13.5. The molecule has 0 saturated carbocycles. The van der Waals surface area contributed by atoms with Gasteiger partial charge in [0.05, 0.1) is 21.4 Å². The molecule has 0 aromatic heterocycles. The highest BCUT2D eigenvalue weighted by atomic mass is 35.5. The monoisotopic (exact) mass is 301 g/mol. The molecule has 0 bridgehead atoms. The topological polar surface area (TPSA) is 43.1 Å². The van der Waals surface area contributed by atoms with Crippen LogP contribution in [-0.2, 0) is 16.6 Å². The summed E-state index contributed by atoms with van der Waals surface area (Å²) in [6.45, 7) is 0. The molecule has 2 aromatic carbocycles. The highest BCUT2D eigenvalue weighted by Gasteiger charge is 2.14. The first-order valence-electron chi connectivity index (χ1n) is 5.35. The van der Waals surface area contributed by atoms with E-state index in [1.165, 1.54) is 24.3 Å². The maximum absolute atomic E-state index is 13.5. The van der Waals surface area contributed by atoms with Gasteiger partial charge in [-0.2, -0.15) is 0 Å². The number of hydrogen-bond acceptors (Lipinski definition) is 2. The number of hydrogen-bond donors (Lipinski definition) is 1. The van der Waals surface area contributed by atoms with Gasteiger partial charge in [-0.05, 0) is 24.3 Å². The van der Waals surface area contributed by atoms with E-state index in [0.717, 1.165) is 6.07 Å². The Kier molecular flexibility index (Phi) is 4.17. The third-order valence-corrected chi connectivity index (χ3v) is 4.21. The van der Waals surface area contributed by atoms with Crippen molar-refractivity contribution in [1.29, 1.82) is 0 Å². The Morgan fingerprint density at radius 1 is 1.21 bits per heavy atom. The molecule has 0 saturated heterocycles. The van der Waals surface area contributed by atoms with E-state index in [1.807, 2.05) is 0 Å². The van der Waals surface area contributed by atoms with E-state index in [-0.39, 0.29) is 17.0 Å². The number of halogens is 3. The van der Waals surface area contributed by atoms with Crippen LogP contribution in [0.1, 0.15) is 5.56 Å². The molecule has 2 aromatic rings. The Bertz CT molecular complexity index is 649. The maximum Gasteiger partial charge on any atom is 0.162 e. The minimum Gasteiger partial charge on any atom is -0.398 e. The number of nitrogen functional groups attached to an aromatic ring is 1. The highest BCUT2D eigenvalue weighted by Crippen LogP contribution is 2.24. The highest BCUT2D eigenvalue weighted by molar-refractivity contribution is 7.84. The molecular formula is C13H10ClF2NOS. The van der Waals surface area contributed by atoms with Gasteiger partial charge in [-0.3, -0.25) is 4.21 Å². The Labute approximate surface area is 116 Å². The van der Waals surface area contributed by atoms with E-state index in [9.17, 15) is 13.0 Å². The van der Waals surface area contributed by atoms with Gasteiger partial charge in [0, 0.05) is 16.3 Å². The molecule has 2 nitrogen and oxygen atoms in total. The van der Waals surface area contributed by atoms with Crippen molar-refractivity contribution in [1.82, 2.24) is 0 Å². The van der Waals surface area contributed by atoms with E-state index >= 15 is 0 Å². The minimum absolute atomic E-state index is 0.0488. The second-order valence-electron chi connectivity index (χ2n) is 3.88. The van der Waals surface area contributed by atoms with Gasteiger partial charge in [0.15, 0.2) is 11.6 Å². The van der Waals surface area contributed by atoms with Gasteiger partial charge in [-0.15, -0.1) is 0 Å². The van der Waals surface area contributed by atoms with Gasteiger partial charge in [0.2, 0.25) is 0 Å². The van der Waals surface area contributed by atoms with Crippen LogP contribution in [0.5, 0.6) is 0 Å². The Morgan fingerprint density at radius 3 is 2.63 bits per heavy atom. The summed E-state index contributed by atoms with van der Waals surface area (Å²) in [5.74, 6) is -2.09. The molecule has 0 heterocycles. The summed E-state index contributed by atoms with van der Waals surface area (Å²) in [5, 5.41) is 0.426. The Hall–Kier alpha value is -1.46. The fourth-order valence-corrected chi connectivity index (χ4v) is 2.99. The summed E-state index contributed by atoms with van der Waals surface area (Å²) in [6, 6.07) is 8.31. The third kappa shape index (κ3) is 3.11. The van der Waals surface area contributed by atoms with Crippen molar-refractivity contribution in [3.8, 4) is 0 Å². The molecule has 0 aliphatic carbocycles. The quantitative estimate of drug-likeness (QED) is 0.882. The lowest BCUT2D eigenvalue weighted by Gasteiger charge is -2.07. The van der Waals surface area contributed by atoms with Crippen LogP contribution in [0.2, 0.25) is 5.02 Å². The molecule has 1 unspecified atom stereocenters. The first kappa shape index (κ1) is 14.0. The number of rotatable bonds is 3. The van der Waals surface area contributed by atoms with Gasteiger partial charge < -0.3 is 5.73 Å². The number of benzene rings is 2. The predicted molar refractivity (Wildman–Crippen MR) is 72.3 cm³/mol. The van der Waals surface area contributed by atoms with E-state index in [0.29, 0.717) is 9.92 Å². The zero-order chi connectivity index (χ0) is 14.0. The van der Waals surface area contributed by atoms with Crippen LogP contribution < -0.4 is 5.73 Å². The van der Waals surface area contributed by atoms with Crippen LogP contribution in [0.15, 0.2) is 41.3 Å². The minimum atomic E-state index is -1.56. The van der Waals surface area contributed by atoms with Crippen LogP contribution >= 0.6 is 11.6 Å². The van der Waals surface area contributed by atoms with Crippen molar-refractivity contribution in [2.75, 3.05) is 5.73 Å². The standard InChI is InChI=1S/C13H10ClF2NOS/c14-9-4-5-12(11(17)6-9)19(18)7-8-2-1-3-10(15)13(8)16/h1-6H,7,17H2. The molecule has 0 fully saturated rings. The molecule has 0 amide bonds. The molecular weight excluding hydrogens is 292 g/mol. The average Bonchev–Trinajstić information content (AvgIpc) is 2.34. The lowest BCUT2D eigenvalue weighted by atomic mass is 10.2.